The van der Waals surface area contributed by atoms with E-state index in [9.17, 15) is 18.0 Å². The summed E-state index contributed by atoms with van der Waals surface area (Å²) in [6.45, 7) is 8.71. The second kappa shape index (κ2) is 15.3. The molecule has 10 heteroatoms. The van der Waals surface area contributed by atoms with Crippen molar-refractivity contribution in [2.24, 2.45) is 0 Å². The number of amides is 2. The highest BCUT2D eigenvalue weighted by Gasteiger charge is 2.36. The van der Waals surface area contributed by atoms with Crippen LogP contribution in [0.15, 0.2) is 108 Å². The van der Waals surface area contributed by atoms with E-state index in [0.29, 0.717) is 12.4 Å². The molecule has 4 rings (SSSR count). The number of nitrogens with one attached hydrogen (secondary N) is 1. The molecule has 0 radical (unpaired) electrons. The van der Waals surface area contributed by atoms with E-state index in [-0.39, 0.29) is 29.1 Å². The molecule has 0 aliphatic rings. The van der Waals surface area contributed by atoms with Gasteiger partial charge in [0.1, 0.15) is 24.2 Å². The molecule has 0 aliphatic heterocycles. The highest BCUT2D eigenvalue weighted by atomic mass is 32.2. The van der Waals surface area contributed by atoms with Gasteiger partial charge in [-0.2, -0.15) is 0 Å². The fraction of sp³-hybridized carbons (Fsp3) is 0.297. The minimum absolute atomic E-state index is 0.0405. The maximum atomic E-state index is 15.1. The summed E-state index contributed by atoms with van der Waals surface area (Å²) in [6.07, 6.45) is 0.124. The van der Waals surface area contributed by atoms with E-state index in [2.05, 4.69) is 5.32 Å². The van der Waals surface area contributed by atoms with Gasteiger partial charge in [-0.05, 0) is 82.6 Å². The van der Waals surface area contributed by atoms with Crippen LogP contribution in [0.5, 0.6) is 5.75 Å². The normalized spacial score (nSPS) is 12.2. The first-order valence-electron chi connectivity index (χ1n) is 15.5. The molecular formula is C37H42FN3O5S. The van der Waals surface area contributed by atoms with Gasteiger partial charge in [0.05, 0.1) is 17.2 Å². The highest BCUT2D eigenvalue weighted by Crippen LogP contribution is 2.27. The average molecular weight is 660 g/mol. The molecule has 0 aliphatic carbocycles. The molecule has 0 saturated carbocycles. The van der Waals surface area contributed by atoms with Crippen LogP contribution in [0.4, 0.5) is 10.1 Å². The van der Waals surface area contributed by atoms with Gasteiger partial charge in [0.15, 0.2) is 0 Å². The van der Waals surface area contributed by atoms with E-state index in [0.717, 1.165) is 15.4 Å². The van der Waals surface area contributed by atoms with Gasteiger partial charge in [-0.1, -0.05) is 66.2 Å². The van der Waals surface area contributed by atoms with Gasteiger partial charge in [0, 0.05) is 24.1 Å². The minimum Gasteiger partial charge on any atom is -0.494 e. The number of sulfonamides is 1. The number of aryl methyl sites for hydroxylation is 1. The number of hydrogen-bond donors (Lipinski definition) is 1. The van der Waals surface area contributed by atoms with Crippen LogP contribution < -0.4 is 14.4 Å². The van der Waals surface area contributed by atoms with E-state index in [4.69, 9.17) is 4.74 Å². The van der Waals surface area contributed by atoms with Crippen LogP contribution in [-0.4, -0.2) is 49.9 Å². The fourth-order valence-corrected chi connectivity index (χ4v) is 6.47. The van der Waals surface area contributed by atoms with E-state index < -0.39 is 45.8 Å². The van der Waals surface area contributed by atoms with Gasteiger partial charge >= 0.3 is 0 Å². The lowest BCUT2D eigenvalue weighted by Crippen LogP contribution is -2.56. The second-order valence-electron chi connectivity index (χ2n) is 12.3. The smallest absolute Gasteiger partial charge is 0.264 e. The molecule has 0 fully saturated rings. The number of benzene rings is 4. The van der Waals surface area contributed by atoms with Crippen molar-refractivity contribution in [2.45, 2.75) is 64.1 Å². The summed E-state index contributed by atoms with van der Waals surface area (Å²) in [5, 5.41) is 2.97. The van der Waals surface area contributed by atoms with Crippen molar-refractivity contribution in [3.8, 4) is 5.75 Å². The van der Waals surface area contributed by atoms with Crippen LogP contribution in [0.1, 0.15) is 44.4 Å². The first-order valence-corrected chi connectivity index (χ1v) is 16.9. The van der Waals surface area contributed by atoms with E-state index in [1.54, 1.807) is 54.6 Å². The summed E-state index contributed by atoms with van der Waals surface area (Å²) in [7, 11) is -4.29. The zero-order chi connectivity index (χ0) is 34.2. The Morgan fingerprint density at radius 3 is 2.09 bits per heavy atom. The molecular weight excluding hydrogens is 617 g/mol. The lowest BCUT2D eigenvalue weighted by Gasteiger charge is -2.35. The van der Waals surface area contributed by atoms with Crippen molar-refractivity contribution in [3.05, 3.63) is 126 Å². The first-order chi connectivity index (χ1) is 22.3. The van der Waals surface area contributed by atoms with Crippen LogP contribution >= 0.6 is 0 Å². The van der Waals surface area contributed by atoms with E-state index in [1.807, 2.05) is 65.0 Å². The molecule has 4 aromatic rings. The Morgan fingerprint density at radius 1 is 0.872 bits per heavy atom. The number of carbonyl (C=O) groups excluding carboxylic acids is 2. The number of hydrogen-bond acceptors (Lipinski definition) is 5. The summed E-state index contributed by atoms with van der Waals surface area (Å²) < 4.78 is 50.0. The molecule has 0 bridgehead atoms. The monoisotopic (exact) mass is 659 g/mol. The molecule has 1 atom stereocenters. The molecule has 2 amide bonds. The highest BCUT2D eigenvalue weighted by molar-refractivity contribution is 7.92. The summed E-state index contributed by atoms with van der Waals surface area (Å²) in [5.41, 5.74) is 1.51. The quantitative estimate of drug-likeness (QED) is 0.182. The summed E-state index contributed by atoms with van der Waals surface area (Å²) in [5.74, 6) is -1.15. The molecule has 248 valence electrons. The van der Waals surface area contributed by atoms with Gasteiger partial charge in [0.25, 0.3) is 10.0 Å². The van der Waals surface area contributed by atoms with E-state index >= 15 is 4.39 Å². The molecule has 0 unspecified atom stereocenters. The molecule has 47 heavy (non-hydrogen) atoms. The number of rotatable bonds is 13. The van der Waals surface area contributed by atoms with Gasteiger partial charge in [0.2, 0.25) is 11.8 Å². The maximum absolute atomic E-state index is 15.1. The number of ether oxygens (including phenoxy) is 1. The zero-order valence-corrected chi connectivity index (χ0v) is 28.3. The van der Waals surface area contributed by atoms with Gasteiger partial charge in [-0.15, -0.1) is 0 Å². The molecule has 4 aromatic carbocycles. The second-order valence-corrected chi connectivity index (χ2v) is 14.2. The minimum atomic E-state index is -4.29. The SMILES string of the molecule is CCOc1ccc(S(=O)(=O)N(CC(=O)N(Cc2ccccc2F)[C@@H](Cc2ccccc2)C(=O)NC(C)(C)C)c2ccc(C)cc2)cc1. The summed E-state index contributed by atoms with van der Waals surface area (Å²) >= 11 is 0. The number of halogens is 1. The molecule has 1 N–H and O–H groups in total. The van der Waals surface area contributed by atoms with Crippen LogP contribution in [0.25, 0.3) is 0 Å². The van der Waals surface area contributed by atoms with Crippen molar-refractivity contribution in [1.82, 2.24) is 10.2 Å². The van der Waals surface area contributed by atoms with Crippen LogP contribution in [0, 0.1) is 12.7 Å². The average Bonchev–Trinajstić information content (AvgIpc) is 3.03. The number of carbonyl (C=O) groups is 2. The van der Waals surface area contributed by atoms with Crippen LogP contribution in [0.3, 0.4) is 0 Å². The summed E-state index contributed by atoms with van der Waals surface area (Å²) in [6, 6.07) is 26.9. The third-order valence-corrected chi connectivity index (χ3v) is 9.18. The topological polar surface area (TPSA) is 96.0 Å². The van der Waals surface area contributed by atoms with Crippen molar-refractivity contribution in [3.63, 3.8) is 0 Å². The maximum Gasteiger partial charge on any atom is 0.264 e. The first kappa shape index (κ1) is 35.2. The van der Waals surface area contributed by atoms with Crippen molar-refractivity contribution >= 4 is 27.5 Å². The Balaban J connectivity index is 1.81. The predicted octanol–water partition coefficient (Wildman–Crippen LogP) is 6.28. The lowest BCUT2D eigenvalue weighted by atomic mass is 10.0. The summed E-state index contributed by atoms with van der Waals surface area (Å²) in [4.78, 5) is 29.7. The van der Waals surface area contributed by atoms with Gasteiger partial charge in [-0.25, -0.2) is 12.8 Å². The molecule has 0 aromatic heterocycles. The lowest BCUT2D eigenvalue weighted by molar-refractivity contribution is -0.140. The Hall–Kier alpha value is -4.70. The van der Waals surface area contributed by atoms with Crippen molar-refractivity contribution < 1.29 is 27.1 Å². The van der Waals surface area contributed by atoms with Crippen molar-refractivity contribution in [2.75, 3.05) is 17.5 Å². The number of nitrogens with zero attached hydrogens (tertiary/aromatic N) is 2. The fourth-order valence-electron chi connectivity index (χ4n) is 5.06. The van der Waals surface area contributed by atoms with Gasteiger partial charge < -0.3 is 15.0 Å². The van der Waals surface area contributed by atoms with Gasteiger partial charge in [-0.3, -0.25) is 13.9 Å². The third kappa shape index (κ3) is 9.42. The molecule has 0 saturated heterocycles. The third-order valence-electron chi connectivity index (χ3n) is 7.39. The standard InChI is InChI=1S/C37H42FN3O5S/c1-6-46-31-20-22-32(23-21-31)47(44,45)41(30-18-16-27(2)17-19-30)26-35(42)40(25-29-14-10-11-15-33(29)38)34(36(43)39-37(3,4)5)24-28-12-8-7-9-13-28/h7-23,34H,6,24-26H2,1-5H3,(H,39,43)/t34-/m0/s1. The molecule has 0 heterocycles. The van der Waals surface area contributed by atoms with Crippen molar-refractivity contribution in [1.29, 1.82) is 0 Å². The molecule has 0 spiro atoms. The largest absolute Gasteiger partial charge is 0.494 e. The van der Waals surface area contributed by atoms with Crippen LogP contribution in [-0.2, 0) is 32.6 Å². The Kier molecular flexibility index (Phi) is 11.4. The van der Waals surface area contributed by atoms with E-state index in [1.165, 1.54) is 23.1 Å². The Morgan fingerprint density at radius 2 is 1.49 bits per heavy atom. The Bertz CT molecular complexity index is 1760. The number of anilines is 1. The van der Waals surface area contributed by atoms with Crippen LogP contribution in [0.2, 0.25) is 0 Å². The molecule has 8 nitrogen and oxygen atoms in total. The Labute approximate surface area is 277 Å². The predicted molar refractivity (Wildman–Crippen MR) is 182 cm³/mol. The zero-order valence-electron chi connectivity index (χ0n) is 27.4.